The highest BCUT2D eigenvalue weighted by Crippen LogP contribution is 2.30. The Kier molecular flexibility index (Phi) is 4.79. The van der Waals surface area contributed by atoms with Crippen molar-refractivity contribution in [3.8, 4) is 11.4 Å². The molecule has 28 heavy (non-hydrogen) atoms. The van der Waals surface area contributed by atoms with Gasteiger partial charge in [0.25, 0.3) is 5.91 Å². The third-order valence-electron chi connectivity index (χ3n) is 4.42. The topological polar surface area (TPSA) is 69.3 Å². The van der Waals surface area contributed by atoms with E-state index in [1.807, 2.05) is 43.3 Å². The number of halogens is 1. The second-order valence-electron chi connectivity index (χ2n) is 6.35. The van der Waals surface area contributed by atoms with E-state index in [2.05, 4.69) is 10.4 Å². The average molecular weight is 396 g/mol. The molecule has 0 fully saturated rings. The molecule has 0 saturated heterocycles. The lowest BCUT2D eigenvalue weighted by atomic mass is 10.2. The predicted octanol–water partition coefficient (Wildman–Crippen LogP) is 4.77. The Morgan fingerprint density at radius 1 is 1.21 bits per heavy atom. The molecule has 0 aliphatic heterocycles. The molecule has 0 unspecified atom stereocenters. The standard InChI is InChI=1S/C21H18ClN3O3/c1-13(19-11-14-5-3-8-18(27-2)20(14)28-19)23-21(26)17-9-10-25(24-17)16-7-4-6-15(22)12-16/h3-13H,1-2H3,(H,23,26)/t13-/m0/s1. The molecule has 1 amide bonds. The van der Waals surface area contributed by atoms with Crippen LogP contribution in [0.1, 0.15) is 29.2 Å². The number of rotatable bonds is 5. The number of aromatic nitrogens is 2. The van der Waals surface area contributed by atoms with Gasteiger partial charge in [0.2, 0.25) is 0 Å². The summed E-state index contributed by atoms with van der Waals surface area (Å²) in [4.78, 5) is 12.6. The van der Waals surface area contributed by atoms with Crippen molar-refractivity contribution in [3.63, 3.8) is 0 Å². The van der Waals surface area contributed by atoms with E-state index in [9.17, 15) is 4.79 Å². The number of methoxy groups -OCH3 is 1. The largest absolute Gasteiger partial charge is 0.493 e. The average Bonchev–Trinajstić information content (AvgIpc) is 3.35. The Hall–Kier alpha value is -3.25. The number of benzene rings is 2. The smallest absolute Gasteiger partial charge is 0.272 e. The molecule has 1 N–H and O–H groups in total. The fourth-order valence-electron chi connectivity index (χ4n) is 2.98. The van der Waals surface area contributed by atoms with Gasteiger partial charge < -0.3 is 14.5 Å². The maximum atomic E-state index is 12.6. The molecule has 0 bridgehead atoms. The SMILES string of the molecule is COc1cccc2cc([C@H](C)NC(=O)c3ccn(-c4cccc(Cl)c4)n3)oc12. The van der Waals surface area contributed by atoms with E-state index in [1.165, 1.54) is 0 Å². The zero-order chi connectivity index (χ0) is 19.7. The van der Waals surface area contributed by atoms with Crippen LogP contribution < -0.4 is 10.1 Å². The summed E-state index contributed by atoms with van der Waals surface area (Å²) in [5, 5.41) is 8.77. The van der Waals surface area contributed by atoms with Crippen LogP contribution in [0, 0.1) is 0 Å². The molecule has 0 aliphatic carbocycles. The molecule has 0 spiro atoms. The second-order valence-corrected chi connectivity index (χ2v) is 6.78. The van der Waals surface area contributed by atoms with Gasteiger partial charge in [0, 0.05) is 16.6 Å². The van der Waals surface area contributed by atoms with Gasteiger partial charge in [0.15, 0.2) is 17.0 Å². The lowest BCUT2D eigenvalue weighted by molar-refractivity contribution is 0.0930. The number of nitrogens with one attached hydrogen (secondary N) is 1. The van der Waals surface area contributed by atoms with Crippen molar-refractivity contribution in [3.05, 3.63) is 77.3 Å². The van der Waals surface area contributed by atoms with Gasteiger partial charge >= 0.3 is 0 Å². The number of furan rings is 1. The highest BCUT2D eigenvalue weighted by molar-refractivity contribution is 6.30. The van der Waals surface area contributed by atoms with Crippen LogP contribution in [0.3, 0.4) is 0 Å². The quantitative estimate of drug-likeness (QED) is 0.528. The lowest BCUT2D eigenvalue weighted by Crippen LogP contribution is -2.26. The molecule has 7 heteroatoms. The van der Waals surface area contributed by atoms with Crippen molar-refractivity contribution in [1.82, 2.24) is 15.1 Å². The van der Waals surface area contributed by atoms with Crippen molar-refractivity contribution in [1.29, 1.82) is 0 Å². The molecular formula is C21H18ClN3O3. The summed E-state index contributed by atoms with van der Waals surface area (Å²) >= 11 is 6.02. The van der Waals surface area contributed by atoms with Crippen LogP contribution in [0.4, 0.5) is 0 Å². The number of carbonyl (C=O) groups is 1. The lowest BCUT2D eigenvalue weighted by Gasteiger charge is -2.10. The second kappa shape index (κ2) is 7.40. The van der Waals surface area contributed by atoms with Crippen molar-refractivity contribution in [2.24, 2.45) is 0 Å². The third-order valence-corrected chi connectivity index (χ3v) is 4.65. The first-order valence-electron chi connectivity index (χ1n) is 8.74. The fraction of sp³-hybridized carbons (Fsp3) is 0.143. The zero-order valence-electron chi connectivity index (χ0n) is 15.3. The number of amides is 1. The molecule has 0 saturated carbocycles. The van der Waals surface area contributed by atoms with Gasteiger partial charge in [-0.2, -0.15) is 5.10 Å². The number of hydrogen-bond acceptors (Lipinski definition) is 4. The molecule has 2 aromatic heterocycles. The minimum Gasteiger partial charge on any atom is -0.493 e. The Morgan fingerprint density at radius 2 is 2.04 bits per heavy atom. The summed E-state index contributed by atoms with van der Waals surface area (Å²) in [6.07, 6.45) is 1.72. The van der Waals surface area contributed by atoms with Crippen LogP contribution in [0.5, 0.6) is 5.75 Å². The van der Waals surface area contributed by atoms with Crippen molar-refractivity contribution in [2.45, 2.75) is 13.0 Å². The van der Waals surface area contributed by atoms with Gasteiger partial charge in [-0.05, 0) is 43.3 Å². The minimum atomic E-state index is -0.332. The van der Waals surface area contributed by atoms with Gasteiger partial charge in [0.05, 0.1) is 18.8 Å². The van der Waals surface area contributed by atoms with Gasteiger partial charge in [-0.15, -0.1) is 0 Å². The van der Waals surface area contributed by atoms with Crippen molar-refractivity contribution >= 4 is 28.5 Å². The molecular weight excluding hydrogens is 378 g/mol. The molecule has 4 rings (SSSR count). The predicted molar refractivity (Wildman–Crippen MR) is 107 cm³/mol. The molecule has 0 radical (unpaired) electrons. The highest BCUT2D eigenvalue weighted by Gasteiger charge is 2.18. The fourth-order valence-corrected chi connectivity index (χ4v) is 3.16. The number of fused-ring (bicyclic) bond motifs is 1. The Balaban J connectivity index is 1.52. The van der Waals surface area contributed by atoms with E-state index >= 15 is 0 Å². The summed E-state index contributed by atoms with van der Waals surface area (Å²) < 4.78 is 12.8. The van der Waals surface area contributed by atoms with Crippen LogP contribution in [0.2, 0.25) is 5.02 Å². The summed E-state index contributed by atoms with van der Waals surface area (Å²) in [7, 11) is 1.60. The van der Waals surface area contributed by atoms with E-state index in [0.29, 0.717) is 27.8 Å². The molecule has 1 atom stereocenters. The van der Waals surface area contributed by atoms with E-state index in [-0.39, 0.29) is 11.9 Å². The van der Waals surface area contributed by atoms with Gasteiger partial charge in [-0.3, -0.25) is 4.79 Å². The normalized spacial score (nSPS) is 12.1. The Morgan fingerprint density at radius 3 is 2.82 bits per heavy atom. The summed E-state index contributed by atoms with van der Waals surface area (Å²) in [5.41, 5.74) is 1.75. The van der Waals surface area contributed by atoms with Crippen LogP contribution >= 0.6 is 11.6 Å². The van der Waals surface area contributed by atoms with Gasteiger partial charge in [-0.1, -0.05) is 29.8 Å². The van der Waals surface area contributed by atoms with Gasteiger partial charge in [0.1, 0.15) is 5.76 Å². The molecule has 6 nitrogen and oxygen atoms in total. The number of hydrogen-bond donors (Lipinski definition) is 1. The summed E-state index contributed by atoms with van der Waals surface area (Å²) in [6, 6.07) is 16.1. The maximum absolute atomic E-state index is 12.6. The van der Waals surface area contributed by atoms with E-state index < -0.39 is 0 Å². The first kappa shape index (κ1) is 18.1. The third kappa shape index (κ3) is 3.46. The first-order chi connectivity index (χ1) is 13.5. The molecule has 2 aromatic carbocycles. The molecule has 142 valence electrons. The van der Waals surface area contributed by atoms with Crippen molar-refractivity contribution in [2.75, 3.05) is 7.11 Å². The monoisotopic (exact) mass is 395 g/mol. The van der Waals surface area contributed by atoms with E-state index in [0.717, 1.165) is 11.1 Å². The molecule has 0 aliphatic rings. The van der Waals surface area contributed by atoms with Crippen molar-refractivity contribution < 1.29 is 13.9 Å². The maximum Gasteiger partial charge on any atom is 0.272 e. The van der Waals surface area contributed by atoms with Crippen LogP contribution in [0.25, 0.3) is 16.7 Å². The molecule has 4 aromatic rings. The first-order valence-corrected chi connectivity index (χ1v) is 9.12. The number of carbonyl (C=O) groups excluding carboxylic acids is 1. The van der Waals surface area contributed by atoms with Crippen LogP contribution in [0.15, 0.2) is 65.2 Å². The zero-order valence-corrected chi connectivity index (χ0v) is 16.1. The Bertz CT molecular complexity index is 1150. The number of para-hydroxylation sites is 1. The summed E-state index contributed by atoms with van der Waals surface area (Å²) in [6.45, 7) is 1.86. The van der Waals surface area contributed by atoms with E-state index in [1.54, 1.807) is 36.2 Å². The number of nitrogens with zero attached hydrogens (tertiary/aromatic N) is 2. The van der Waals surface area contributed by atoms with E-state index in [4.69, 9.17) is 20.8 Å². The van der Waals surface area contributed by atoms with Gasteiger partial charge in [-0.25, -0.2) is 4.68 Å². The summed E-state index contributed by atoms with van der Waals surface area (Å²) in [5.74, 6) is 1.00. The highest BCUT2D eigenvalue weighted by atomic mass is 35.5. The Labute approximate surface area is 166 Å². The number of ether oxygens (including phenoxy) is 1. The van der Waals surface area contributed by atoms with Crippen LogP contribution in [-0.2, 0) is 0 Å². The minimum absolute atomic E-state index is 0.291. The molecule has 2 heterocycles. The van der Waals surface area contributed by atoms with Crippen LogP contribution in [-0.4, -0.2) is 22.8 Å².